The standard InChI is InChI=1S/C15H22N2O3/c1-15(13(18)19,9-4-5-9)17-14(20)16-12-10-7-2-3-8(6-7)11(10)12/h7-12H,2-6H2,1H3,(H,18,19)(H2,16,17,20). The molecule has 5 atom stereocenters. The van der Waals surface area contributed by atoms with Gasteiger partial charge in [0.1, 0.15) is 5.54 Å². The average Bonchev–Trinajstić information content (AvgIpc) is 3.28. The summed E-state index contributed by atoms with van der Waals surface area (Å²) in [5.41, 5.74) is -1.10. The monoisotopic (exact) mass is 278 g/mol. The number of hydrogen-bond donors (Lipinski definition) is 3. The molecular weight excluding hydrogens is 256 g/mol. The molecular formula is C15H22N2O3. The molecule has 110 valence electrons. The second-order valence-electron chi connectivity index (χ2n) is 7.39. The Labute approximate surface area is 118 Å². The van der Waals surface area contributed by atoms with E-state index in [-0.39, 0.29) is 11.9 Å². The van der Waals surface area contributed by atoms with E-state index in [1.165, 1.54) is 19.3 Å². The predicted octanol–water partition coefficient (Wildman–Crippen LogP) is 1.58. The Morgan fingerprint density at radius 2 is 1.70 bits per heavy atom. The van der Waals surface area contributed by atoms with Gasteiger partial charge >= 0.3 is 12.0 Å². The average molecular weight is 278 g/mol. The van der Waals surface area contributed by atoms with Crippen LogP contribution in [0.15, 0.2) is 0 Å². The van der Waals surface area contributed by atoms with Crippen molar-refractivity contribution in [2.75, 3.05) is 0 Å². The lowest BCUT2D eigenvalue weighted by Gasteiger charge is -2.26. The van der Waals surface area contributed by atoms with Crippen LogP contribution >= 0.6 is 0 Å². The van der Waals surface area contributed by atoms with Gasteiger partial charge in [0.25, 0.3) is 0 Å². The van der Waals surface area contributed by atoms with Gasteiger partial charge in [0.2, 0.25) is 0 Å². The van der Waals surface area contributed by atoms with E-state index in [4.69, 9.17) is 0 Å². The van der Waals surface area contributed by atoms with Crippen LogP contribution in [0.1, 0.15) is 39.0 Å². The molecule has 0 aromatic heterocycles. The van der Waals surface area contributed by atoms with E-state index in [9.17, 15) is 14.7 Å². The van der Waals surface area contributed by atoms with Crippen LogP contribution in [0.2, 0.25) is 0 Å². The molecule has 2 bridgehead atoms. The summed E-state index contributed by atoms with van der Waals surface area (Å²) in [5.74, 6) is 2.13. The largest absolute Gasteiger partial charge is 0.480 e. The van der Waals surface area contributed by atoms with Crippen LogP contribution in [0.25, 0.3) is 0 Å². The quantitative estimate of drug-likeness (QED) is 0.730. The number of carbonyl (C=O) groups is 2. The summed E-state index contributed by atoms with van der Waals surface area (Å²) < 4.78 is 0. The van der Waals surface area contributed by atoms with Gasteiger partial charge in [-0.05, 0) is 68.6 Å². The normalized spacial score (nSPS) is 43.5. The molecule has 20 heavy (non-hydrogen) atoms. The Hall–Kier alpha value is -1.26. The van der Waals surface area contributed by atoms with E-state index in [2.05, 4.69) is 10.6 Å². The highest BCUT2D eigenvalue weighted by atomic mass is 16.4. The summed E-state index contributed by atoms with van der Waals surface area (Å²) in [7, 11) is 0. The number of carbonyl (C=O) groups excluding carboxylic acids is 1. The van der Waals surface area contributed by atoms with E-state index in [0.29, 0.717) is 17.9 Å². The fraction of sp³-hybridized carbons (Fsp3) is 0.867. The van der Waals surface area contributed by atoms with Gasteiger partial charge in [-0.15, -0.1) is 0 Å². The van der Waals surface area contributed by atoms with Crippen molar-refractivity contribution in [3.63, 3.8) is 0 Å². The van der Waals surface area contributed by atoms with Crippen molar-refractivity contribution in [2.24, 2.45) is 29.6 Å². The number of urea groups is 1. The summed E-state index contributed by atoms with van der Waals surface area (Å²) >= 11 is 0. The minimum atomic E-state index is -1.10. The Bertz CT molecular complexity index is 460. The predicted molar refractivity (Wildman–Crippen MR) is 72.0 cm³/mol. The maximum Gasteiger partial charge on any atom is 0.329 e. The summed E-state index contributed by atoms with van der Waals surface area (Å²) in [6.07, 6.45) is 5.77. The van der Waals surface area contributed by atoms with Gasteiger partial charge in [-0.3, -0.25) is 0 Å². The summed E-state index contributed by atoms with van der Waals surface area (Å²) in [6, 6.07) is 0.0131. The Morgan fingerprint density at radius 3 is 2.20 bits per heavy atom. The number of aliphatic carboxylic acids is 1. The zero-order valence-corrected chi connectivity index (χ0v) is 11.8. The van der Waals surface area contributed by atoms with Gasteiger partial charge in [0.15, 0.2) is 0 Å². The number of rotatable bonds is 4. The SMILES string of the molecule is CC(NC(=O)NC1C2C3CCC(C3)C12)(C(=O)O)C1CC1. The van der Waals surface area contributed by atoms with Crippen molar-refractivity contribution in [3.8, 4) is 0 Å². The van der Waals surface area contributed by atoms with Crippen LogP contribution in [0, 0.1) is 29.6 Å². The zero-order valence-electron chi connectivity index (χ0n) is 11.8. The molecule has 0 saturated heterocycles. The first-order valence-electron chi connectivity index (χ1n) is 7.83. The zero-order chi connectivity index (χ0) is 14.1. The van der Waals surface area contributed by atoms with E-state index >= 15 is 0 Å². The Morgan fingerprint density at radius 1 is 1.10 bits per heavy atom. The Balaban J connectivity index is 1.36. The van der Waals surface area contributed by atoms with E-state index in [1.54, 1.807) is 6.92 Å². The first kappa shape index (κ1) is 12.5. The molecule has 0 radical (unpaired) electrons. The van der Waals surface area contributed by atoms with Gasteiger partial charge < -0.3 is 15.7 Å². The molecule has 0 aromatic carbocycles. The molecule has 4 saturated carbocycles. The second kappa shape index (κ2) is 3.89. The summed E-state index contributed by atoms with van der Waals surface area (Å²) in [4.78, 5) is 23.5. The van der Waals surface area contributed by atoms with Crippen LogP contribution in [0.4, 0.5) is 4.79 Å². The van der Waals surface area contributed by atoms with Crippen LogP contribution in [-0.4, -0.2) is 28.7 Å². The first-order valence-corrected chi connectivity index (χ1v) is 7.83. The van der Waals surface area contributed by atoms with Crippen molar-refractivity contribution >= 4 is 12.0 Å². The minimum absolute atomic E-state index is 0.0839. The van der Waals surface area contributed by atoms with Crippen molar-refractivity contribution in [1.29, 1.82) is 0 Å². The highest BCUT2D eigenvalue weighted by Crippen LogP contribution is 2.65. The van der Waals surface area contributed by atoms with Crippen molar-refractivity contribution < 1.29 is 14.7 Å². The van der Waals surface area contributed by atoms with Crippen LogP contribution < -0.4 is 10.6 Å². The number of hydrogen-bond acceptors (Lipinski definition) is 2. The molecule has 5 nitrogen and oxygen atoms in total. The molecule has 4 aliphatic carbocycles. The van der Waals surface area contributed by atoms with Crippen LogP contribution in [-0.2, 0) is 4.79 Å². The van der Waals surface area contributed by atoms with Gasteiger partial charge in [-0.2, -0.15) is 0 Å². The summed E-state index contributed by atoms with van der Waals surface area (Å²) in [6.45, 7) is 1.63. The maximum absolute atomic E-state index is 12.1. The molecule has 4 fully saturated rings. The maximum atomic E-state index is 12.1. The lowest BCUT2D eigenvalue weighted by molar-refractivity contribution is -0.144. The minimum Gasteiger partial charge on any atom is -0.480 e. The number of carboxylic acid groups (broad SMARTS) is 1. The van der Waals surface area contributed by atoms with Gasteiger partial charge in [-0.1, -0.05) is 0 Å². The van der Waals surface area contributed by atoms with Crippen LogP contribution in [0.5, 0.6) is 0 Å². The number of fused-ring (bicyclic) bond motifs is 5. The second-order valence-corrected chi connectivity index (χ2v) is 7.39. The Kier molecular flexibility index (Phi) is 2.43. The lowest BCUT2D eigenvalue weighted by atomic mass is 9.96. The molecule has 0 aliphatic heterocycles. The molecule has 2 amide bonds. The van der Waals surface area contributed by atoms with Crippen molar-refractivity contribution in [3.05, 3.63) is 0 Å². The molecule has 5 unspecified atom stereocenters. The fourth-order valence-electron chi connectivity index (χ4n) is 4.93. The smallest absolute Gasteiger partial charge is 0.329 e. The molecule has 4 aliphatic rings. The van der Waals surface area contributed by atoms with Gasteiger partial charge in [-0.25, -0.2) is 9.59 Å². The lowest BCUT2D eigenvalue weighted by Crippen LogP contribution is -2.57. The third-order valence-corrected chi connectivity index (χ3v) is 6.24. The number of amides is 2. The molecule has 0 aromatic rings. The fourth-order valence-corrected chi connectivity index (χ4v) is 4.93. The van der Waals surface area contributed by atoms with Crippen molar-refractivity contribution in [1.82, 2.24) is 10.6 Å². The van der Waals surface area contributed by atoms with Gasteiger partial charge in [0.05, 0.1) is 0 Å². The third kappa shape index (κ3) is 1.68. The molecule has 0 heterocycles. The van der Waals surface area contributed by atoms with E-state index < -0.39 is 11.5 Å². The van der Waals surface area contributed by atoms with E-state index in [0.717, 1.165) is 24.7 Å². The van der Waals surface area contributed by atoms with Gasteiger partial charge in [0, 0.05) is 6.04 Å². The number of nitrogens with one attached hydrogen (secondary N) is 2. The highest BCUT2D eigenvalue weighted by Gasteiger charge is 2.65. The van der Waals surface area contributed by atoms with E-state index in [1.807, 2.05) is 0 Å². The highest BCUT2D eigenvalue weighted by molar-refractivity contribution is 5.86. The van der Waals surface area contributed by atoms with Crippen LogP contribution in [0.3, 0.4) is 0 Å². The first-order chi connectivity index (χ1) is 9.50. The molecule has 4 rings (SSSR count). The molecule has 5 heteroatoms. The third-order valence-electron chi connectivity index (χ3n) is 6.24. The summed E-state index contributed by atoms with van der Waals surface area (Å²) in [5, 5.41) is 15.1. The number of carboxylic acids is 1. The molecule has 3 N–H and O–H groups in total. The van der Waals surface area contributed by atoms with Crippen molar-refractivity contribution in [2.45, 2.75) is 50.6 Å². The molecule has 0 spiro atoms. The topological polar surface area (TPSA) is 78.4 Å².